The van der Waals surface area contributed by atoms with Gasteiger partial charge < -0.3 is 9.16 Å². The van der Waals surface area contributed by atoms with Gasteiger partial charge in [0.1, 0.15) is 0 Å². The summed E-state index contributed by atoms with van der Waals surface area (Å²) in [7, 11) is -1.81. The van der Waals surface area contributed by atoms with Crippen LogP contribution in [0.3, 0.4) is 0 Å². The Morgan fingerprint density at radius 3 is 2.57 bits per heavy atom. The Bertz CT molecular complexity index is 876. The van der Waals surface area contributed by atoms with E-state index >= 15 is 0 Å². The molecule has 0 amide bonds. The Hall–Kier alpha value is -1.13. The first-order valence-corrected chi connectivity index (χ1v) is 18.1. The van der Waals surface area contributed by atoms with Crippen molar-refractivity contribution in [3.8, 4) is 0 Å². The number of hydrogen-bond acceptors (Lipinski definition) is 3. The Morgan fingerprint density at radius 2 is 1.89 bits per heavy atom. The summed E-state index contributed by atoms with van der Waals surface area (Å²) in [4.78, 5) is 11.8. The van der Waals surface area contributed by atoms with Crippen molar-refractivity contribution in [2.45, 2.75) is 136 Å². The van der Waals surface area contributed by atoms with Gasteiger partial charge in [-0.15, -0.1) is 0 Å². The van der Waals surface area contributed by atoms with Crippen molar-refractivity contribution < 1.29 is 14.0 Å². The molecule has 3 rings (SSSR count). The summed E-state index contributed by atoms with van der Waals surface area (Å²) in [5.74, 6) is 2.07. The summed E-state index contributed by atoms with van der Waals surface area (Å²) in [6, 6.07) is 0. The van der Waals surface area contributed by atoms with E-state index in [4.69, 9.17) is 9.16 Å². The van der Waals surface area contributed by atoms with Gasteiger partial charge in [-0.3, -0.25) is 4.79 Å². The minimum absolute atomic E-state index is 0.0395. The largest absolute Gasteiger partial charge is 0.466 e. The van der Waals surface area contributed by atoms with Crippen LogP contribution in [0.4, 0.5) is 0 Å². The SMILES string of the molecule is C=C1/C(=C\C=C2\CCC[C@]3(C)[C@@H]([C@H](C)CCCC(=O)OCC)CC[C@@H]23)CCC[C@H]1O[Si](C)(C)C(C)(C)C. The molecule has 3 aliphatic rings. The van der Waals surface area contributed by atoms with E-state index in [1.54, 1.807) is 5.57 Å². The highest BCUT2D eigenvalue weighted by Crippen LogP contribution is 2.60. The molecule has 37 heavy (non-hydrogen) atoms. The molecule has 210 valence electrons. The van der Waals surface area contributed by atoms with Crippen molar-refractivity contribution in [1.82, 2.24) is 0 Å². The van der Waals surface area contributed by atoms with Gasteiger partial charge in [0.25, 0.3) is 0 Å². The smallest absolute Gasteiger partial charge is 0.305 e. The summed E-state index contributed by atoms with van der Waals surface area (Å²) in [6.07, 6.45) is 17.7. The van der Waals surface area contributed by atoms with E-state index in [-0.39, 0.29) is 17.1 Å². The maximum atomic E-state index is 11.8. The van der Waals surface area contributed by atoms with E-state index in [0.29, 0.717) is 30.3 Å². The number of allylic oxidation sites excluding steroid dienone is 3. The molecule has 0 aromatic heterocycles. The zero-order chi connectivity index (χ0) is 27.4. The monoisotopic (exact) mass is 528 g/mol. The predicted molar refractivity (Wildman–Crippen MR) is 159 cm³/mol. The molecular formula is C33H56O3Si. The Balaban J connectivity index is 1.67. The normalized spacial score (nSPS) is 32.0. The van der Waals surface area contributed by atoms with Crippen LogP contribution in [0.5, 0.6) is 0 Å². The number of esters is 1. The summed E-state index contributed by atoms with van der Waals surface area (Å²) < 4.78 is 11.9. The van der Waals surface area contributed by atoms with Crippen LogP contribution in [0.25, 0.3) is 0 Å². The number of ether oxygens (including phenoxy) is 1. The zero-order valence-electron chi connectivity index (χ0n) is 25.4. The lowest BCUT2D eigenvalue weighted by atomic mass is 9.60. The standard InChI is InChI=1S/C33H56O3Si/c1-10-35-31(34)18-11-14-24(2)28-21-22-29-27(16-13-23-33(28,29)7)20-19-26-15-12-17-30(25(26)3)36-37(8,9)32(4,5)6/h19-20,24,28-30H,3,10-18,21-23H2,1-2,4-9H3/b26-19-,27-20-/t24-,28-,29+,30-,33-/m1/s1. The molecule has 0 spiro atoms. The highest BCUT2D eigenvalue weighted by Gasteiger charge is 2.50. The van der Waals surface area contributed by atoms with Gasteiger partial charge in [-0.2, -0.15) is 0 Å². The summed E-state index contributed by atoms with van der Waals surface area (Å²) in [5.41, 5.74) is 4.70. The van der Waals surface area contributed by atoms with Gasteiger partial charge in [-0.1, -0.05) is 58.9 Å². The fourth-order valence-corrected chi connectivity index (χ4v) is 8.62. The third-order valence-corrected chi connectivity index (χ3v) is 15.0. The molecule has 3 nitrogen and oxygen atoms in total. The van der Waals surface area contributed by atoms with Crippen LogP contribution in [0.15, 0.2) is 35.5 Å². The highest BCUT2D eigenvalue weighted by molar-refractivity contribution is 6.74. The van der Waals surface area contributed by atoms with Crippen molar-refractivity contribution in [1.29, 1.82) is 0 Å². The van der Waals surface area contributed by atoms with Crippen molar-refractivity contribution in [2.24, 2.45) is 23.2 Å². The molecule has 3 aliphatic carbocycles. The molecule has 5 atom stereocenters. The van der Waals surface area contributed by atoms with Crippen LogP contribution in [0, 0.1) is 23.2 Å². The van der Waals surface area contributed by atoms with Crippen LogP contribution in [0.2, 0.25) is 18.1 Å². The zero-order valence-corrected chi connectivity index (χ0v) is 26.4. The quantitative estimate of drug-likeness (QED) is 0.221. The summed E-state index contributed by atoms with van der Waals surface area (Å²) in [6.45, 7) is 23.6. The van der Waals surface area contributed by atoms with E-state index in [0.717, 1.165) is 31.6 Å². The van der Waals surface area contributed by atoms with Gasteiger partial charge in [0.05, 0.1) is 12.7 Å². The van der Waals surface area contributed by atoms with Gasteiger partial charge in [-0.25, -0.2) is 0 Å². The minimum Gasteiger partial charge on any atom is -0.466 e. The fourth-order valence-electron chi connectivity index (χ4n) is 7.30. The molecule has 0 aromatic carbocycles. The van der Waals surface area contributed by atoms with Crippen LogP contribution < -0.4 is 0 Å². The topological polar surface area (TPSA) is 35.5 Å². The minimum atomic E-state index is -1.81. The van der Waals surface area contributed by atoms with Crippen molar-refractivity contribution >= 4 is 14.3 Å². The molecule has 4 heteroatoms. The third kappa shape index (κ3) is 7.09. The number of carbonyl (C=O) groups is 1. The molecule has 0 radical (unpaired) electrons. The molecule has 0 heterocycles. The molecule has 0 N–H and O–H groups in total. The molecule has 0 aliphatic heterocycles. The van der Waals surface area contributed by atoms with E-state index < -0.39 is 8.32 Å². The van der Waals surface area contributed by atoms with Crippen LogP contribution >= 0.6 is 0 Å². The molecule has 0 aromatic rings. The molecule has 3 fully saturated rings. The van der Waals surface area contributed by atoms with E-state index in [2.05, 4.69) is 66.4 Å². The lowest BCUT2D eigenvalue weighted by Crippen LogP contribution is -2.45. The van der Waals surface area contributed by atoms with Gasteiger partial charge in [-0.05, 0) is 124 Å². The Kier molecular flexibility index (Phi) is 10.2. The van der Waals surface area contributed by atoms with Crippen molar-refractivity contribution in [2.75, 3.05) is 6.61 Å². The van der Waals surface area contributed by atoms with Gasteiger partial charge in [0.2, 0.25) is 0 Å². The number of fused-ring (bicyclic) bond motifs is 1. The van der Waals surface area contributed by atoms with E-state index in [1.807, 2.05) is 6.92 Å². The number of rotatable bonds is 9. The van der Waals surface area contributed by atoms with Gasteiger partial charge >= 0.3 is 5.97 Å². The second-order valence-electron chi connectivity index (χ2n) is 14.0. The molecular weight excluding hydrogens is 472 g/mol. The van der Waals surface area contributed by atoms with Crippen molar-refractivity contribution in [3.05, 3.63) is 35.5 Å². The number of hydrogen-bond donors (Lipinski definition) is 0. The van der Waals surface area contributed by atoms with Crippen LogP contribution in [0.1, 0.15) is 112 Å². The maximum Gasteiger partial charge on any atom is 0.305 e. The second-order valence-corrected chi connectivity index (χ2v) is 18.7. The second kappa shape index (κ2) is 12.4. The van der Waals surface area contributed by atoms with E-state index in [9.17, 15) is 4.79 Å². The van der Waals surface area contributed by atoms with Gasteiger partial charge in [0, 0.05) is 6.42 Å². The predicted octanol–water partition coefficient (Wildman–Crippen LogP) is 9.56. The van der Waals surface area contributed by atoms with Crippen molar-refractivity contribution in [3.63, 3.8) is 0 Å². The maximum absolute atomic E-state index is 11.8. The first-order valence-electron chi connectivity index (χ1n) is 15.2. The first-order chi connectivity index (χ1) is 17.3. The highest BCUT2D eigenvalue weighted by atomic mass is 28.4. The average molecular weight is 529 g/mol. The van der Waals surface area contributed by atoms with Gasteiger partial charge in [0.15, 0.2) is 8.32 Å². The Morgan fingerprint density at radius 1 is 1.16 bits per heavy atom. The third-order valence-electron chi connectivity index (χ3n) is 10.5. The molecule has 0 bridgehead atoms. The lowest BCUT2D eigenvalue weighted by molar-refractivity contribution is -0.143. The lowest BCUT2D eigenvalue weighted by Gasteiger charge is -2.44. The fraction of sp³-hybridized carbons (Fsp3) is 0.788. The summed E-state index contributed by atoms with van der Waals surface area (Å²) in [5, 5.41) is 0.220. The molecule has 3 saturated carbocycles. The number of carbonyl (C=O) groups excluding carboxylic acids is 1. The van der Waals surface area contributed by atoms with Crippen LogP contribution in [-0.4, -0.2) is 27.0 Å². The molecule has 0 saturated heterocycles. The summed E-state index contributed by atoms with van der Waals surface area (Å²) >= 11 is 0. The van der Waals surface area contributed by atoms with Crippen LogP contribution in [-0.2, 0) is 14.0 Å². The van der Waals surface area contributed by atoms with E-state index in [1.165, 1.54) is 49.7 Å². The first kappa shape index (κ1) is 30.4. The molecule has 0 unspecified atom stereocenters. The average Bonchev–Trinajstić information content (AvgIpc) is 3.16. The Labute approximate surface area is 229 Å².